The third kappa shape index (κ3) is 3.20. The van der Waals surface area contributed by atoms with Crippen LogP contribution >= 0.6 is 0 Å². The molecular formula is C13H21NO3. The van der Waals surface area contributed by atoms with Crippen LogP contribution < -0.4 is 0 Å². The first-order chi connectivity index (χ1) is 8.16. The van der Waals surface area contributed by atoms with Crippen molar-refractivity contribution >= 4 is 11.9 Å². The van der Waals surface area contributed by atoms with Crippen LogP contribution in [0.25, 0.3) is 0 Å². The zero-order chi connectivity index (χ0) is 12.3. The fraction of sp³-hybridized carbons (Fsp3) is 0.846. The van der Waals surface area contributed by atoms with Gasteiger partial charge in [0.25, 0.3) is 0 Å². The van der Waals surface area contributed by atoms with Gasteiger partial charge >= 0.3 is 5.97 Å². The van der Waals surface area contributed by atoms with Gasteiger partial charge < -0.3 is 10.0 Å². The molecule has 0 aromatic rings. The van der Waals surface area contributed by atoms with Crippen LogP contribution in [0.5, 0.6) is 0 Å². The number of amides is 1. The van der Waals surface area contributed by atoms with Gasteiger partial charge in [-0.3, -0.25) is 9.59 Å². The van der Waals surface area contributed by atoms with Gasteiger partial charge in [-0.15, -0.1) is 0 Å². The van der Waals surface area contributed by atoms with E-state index in [9.17, 15) is 9.59 Å². The van der Waals surface area contributed by atoms with E-state index < -0.39 is 5.97 Å². The van der Waals surface area contributed by atoms with Crippen LogP contribution in [-0.4, -0.2) is 35.0 Å². The Labute approximate surface area is 102 Å². The van der Waals surface area contributed by atoms with Gasteiger partial charge in [-0.1, -0.05) is 25.7 Å². The summed E-state index contributed by atoms with van der Waals surface area (Å²) in [4.78, 5) is 24.5. The van der Waals surface area contributed by atoms with E-state index in [2.05, 4.69) is 0 Å². The molecule has 1 N–H and O–H groups in total. The summed E-state index contributed by atoms with van der Waals surface area (Å²) in [6.07, 6.45) is 7.11. The van der Waals surface area contributed by atoms with Crippen molar-refractivity contribution in [2.75, 3.05) is 13.1 Å². The molecule has 4 heteroatoms. The molecule has 4 nitrogen and oxygen atoms in total. The number of carboxylic acids is 1. The molecule has 2 rings (SSSR count). The minimum absolute atomic E-state index is 0.183. The molecule has 1 amide bonds. The van der Waals surface area contributed by atoms with Crippen LogP contribution in [0.2, 0.25) is 0 Å². The highest BCUT2D eigenvalue weighted by Gasteiger charge is 2.35. The quantitative estimate of drug-likeness (QED) is 0.765. The minimum atomic E-state index is -0.753. The number of likely N-dealkylation sites (tertiary alicyclic amines) is 1. The molecule has 0 aromatic heterocycles. The van der Waals surface area contributed by atoms with E-state index in [1.807, 2.05) is 4.90 Å². The lowest BCUT2D eigenvalue weighted by atomic mass is 9.92. The first kappa shape index (κ1) is 12.4. The molecule has 0 unspecified atom stereocenters. The molecule has 1 aliphatic heterocycles. The van der Waals surface area contributed by atoms with E-state index in [0.29, 0.717) is 13.1 Å². The third-order valence-corrected chi connectivity index (χ3v) is 3.94. The number of hydrogen-bond donors (Lipinski definition) is 1. The summed E-state index contributed by atoms with van der Waals surface area (Å²) in [6.45, 7) is 1.31. The summed E-state index contributed by atoms with van der Waals surface area (Å²) in [5.41, 5.74) is 0. The number of carbonyl (C=O) groups excluding carboxylic acids is 1. The largest absolute Gasteiger partial charge is 0.481 e. The molecule has 0 bridgehead atoms. The second-order valence-corrected chi connectivity index (χ2v) is 5.40. The van der Waals surface area contributed by atoms with Crippen LogP contribution in [0.3, 0.4) is 0 Å². The smallest absolute Gasteiger partial charge is 0.303 e. The summed E-state index contributed by atoms with van der Waals surface area (Å²) < 4.78 is 0. The Hall–Kier alpha value is -1.06. The van der Waals surface area contributed by atoms with Gasteiger partial charge in [0.1, 0.15) is 0 Å². The molecule has 1 aliphatic carbocycles. The average Bonchev–Trinajstić information content (AvgIpc) is 2.50. The molecule has 0 radical (unpaired) electrons. The molecule has 2 fully saturated rings. The van der Waals surface area contributed by atoms with Gasteiger partial charge in [0.15, 0.2) is 0 Å². The topological polar surface area (TPSA) is 57.6 Å². The van der Waals surface area contributed by atoms with E-state index in [-0.39, 0.29) is 24.2 Å². The first-order valence-corrected chi connectivity index (χ1v) is 6.67. The van der Waals surface area contributed by atoms with Crippen molar-refractivity contribution in [2.24, 2.45) is 11.8 Å². The monoisotopic (exact) mass is 239 g/mol. The van der Waals surface area contributed by atoms with Crippen LogP contribution in [-0.2, 0) is 9.59 Å². The van der Waals surface area contributed by atoms with Crippen molar-refractivity contribution in [1.29, 1.82) is 0 Å². The second-order valence-electron chi connectivity index (χ2n) is 5.40. The minimum Gasteiger partial charge on any atom is -0.481 e. The predicted molar refractivity (Wildman–Crippen MR) is 63.5 cm³/mol. The zero-order valence-corrected chi connectivity index (χ0v) is 10.2. The number of carbonyl (C=O) groups is 2. The average molecular weight is 239 g/mol. The highest BCUT2D eigenvalue weighted by atomic mass is 16.4. The summed E-state index contributed by atoms with van der Waals surface area (Å²) in [5.74, 6) is -0.0874. The summed E-state index contributed by atoms with van der Waals surface area (Å²) in [5, 5.41) is 8.66. The molecule has 17 heavy (non-hydrogen) atoms. The Balaban J connectivity index is 1.76. The summed E-state index contributed by atoms with van der Waals surface area (Å²) in [6, 6.07) is 0. The van der Waals surface area contributed by atoms with Crippen LogP contribution in [0, 0.1) is 11.8 Å². The third-order valence-electron chi connectivity index (χ3n) is 3.94. The lowest BCUT2D eigenvalue weighted by Crippen LogP contribution is -2.52. The van der Waals surface area contributed by atoms with Crippen molar-refractivity contribution < 1.29 is 14.7 Å². The SMILES string of the molecule is O=C(O)CC1CN(C(=O)C2CCCCCC2)C1. The molecule has 0 aromatic carbocycles. The maximum Gasteiger partial charge on any atom is 0.303 e. The van der Waals surface area contributed by atoms with Gasteiger partial charge in [0, 0.05) is 24.9 Å². The van der Waals surface area contributed by atoms with Gasteiger partial charge in [0.05, 0.1) is 6.42 Å². The highest BCUT2D eigenvalue weighted by molar-refractivity contribution is 5.80. The number of nitrogens with zero attached hydrogens (tertiary/aromatic N) is 1. The van der Waals surface area contributed by atoms with Crippen LogP contribution in [0.1, 0.15) is 44.9 Å². The Bertz CT molecular complexity index is 289. The molecule has 1 saturated heterocycles. The molecule has 2 aliphatic rings. The normalized spacial score (nSPS) is 22.9. The Morgan fingerprint density at radius 2 is 1.65 bits per heavy atom. The summed E-state index contributed by atoms with van der Waals surface area (Å²) in [7, 11) is 0. The molecule has 0 spiro atoms. The Kier molecular flexibility index (Phi) is 4.02. The van der Waals surface area contributed by atoms with Gasteiger partial charge in [0.2, 0.25) is 5.91 Å². The maximum atomic E-state index is 12.1. The van der Waals surface area contributed by atoms with E-state index in [1.165, 1.54) is 25.7 Å². The fourth-order valence-electron chi connectivity index (χ4n) is 2.91. The maximum absolute atomic E-state index is 12.1. The zero-order valence-electron chi connectivity index (χ0n) is 10.2. The number of carboxylic acid groups (broad SMARTS) is 1. The van der Waals surface area contributed by atoms with Gasteiger partial charge in [-0.05, 0) is 12.8 Å². The van der Waals surface area contributed by atoms with Gasteiger partial charge in [-0.2, -0.15) is 0 Å². The molecule has 1 heterocycles. The first-order valence-electron chi connectivity index (χ1n) is 6.67. The Morgan fingerprint density at radius 1 is 1.06 bits per heavy atom. The van der Waals surface area contributed by atoms with Crippen LogP contribution in [0.4, 0.5) is 0 Å². The Morgan fingerprint density at radius 3 is 2.18 bits per heavy atom. The molecular weight excluding hydrogens is 218 g/mol. The molecule has 96 valence electrons. The van der Waals surface area contributed by atoms with E-state index in [0.717, 1.165) is 12.8 Å². The van der Waals surface area contributed by atoms with E-state index >= 15 is 0 Å². The fourth-order valence-corrected chi connectivity index (χ4v) is 2.91. The lowest BCUT2D eigenvalue weighted by molar-refractivity contribution is -0.147. The second kappa shape index (κ2) is 5.52. The predicted octanol–water partition coefficient (Wildman–Crippen LogP) is 1.89. The summed E-state index contributed by atoms with van der Waals surface area (Å²) >= 11 is 0. The molecule has 0 atom stereocenters. The van der Waals surface area contributed by atoms with Crippen molar-refractivity contribution in [3.05, 3.63) is 0 Å². The van der Waals surface area contributed by atoms with Gasteiger partial charge in [-0.25, -0.2) is 0 Å². The number of rotatable bonds is 3. The number of hydrogen-bond acceptors (Lipinski definition) is 2. The number of aliphatic carboxylic acids is 1. The van der Waals surface area contributed by atoms with Crippen molar-refractivity contribution in [3.63, 3.8) is 0 Å². The lowest BCUT2D eigenvalue weighted by Gasteiger charge is -2.40. The standard InChI is InChI=1S/C13H21NO3/c15-12(16)7-10-8-14(9-10)13(17)11-5-3-1-2-4-6-11/h10-11H,1-9H2,(H,15,16). The van der Waals surface area contributed by atoms with E-state index in [4.69, 9.17) is 5.11 Å². The molecule has 1 saturated carbocycles. The van der Waals surface area contributed by atoms with E-state index in [1.54, 1.807) is 0 Å². The highest BCUT2D eigenvalue weighted by Crippen LogP contribution is 2.28. The van der Waals surface area contributed by atoms with Crippen LogP contribution in [0.15, 0.2) is 0 Å². The van der Waals surface area contributed by atoms with Crippen molar-refractivity contribution in [1.82, 2.24) is 4.90 Å². The van der Waals surface area contributed by atoms with Crippen molar-refractivity contribution in [2.45, 2.75) is 44.9 Å². The van der Waals surface area contributed by atoms with Crippen molar-refractivity contribution in [3.8, 4) is 0 Å².